The second-order valence-corrected chi connectivity index (χ2v) is 7.68. The third kappa shape index (κ3) is 5.07. The van der Waals surface area contributed by atoms with Crippen LogP contribution in [0.25, 0.3) is 0 Å². The van der Waals surface area contributed by atoms with E-state index in [4.69, 9.17) is 0 Å². The van der Waals surface area contributed by atoms with Crippen molar-refractivity contribution < 1.29 is 18.3 Å². The molecular formula is C19H23F3N2OS. The fourth-order valence-corrected chi connectivity index (χ4v) is 4.17. The van der Waals surface area contributed by atoms with Crippen LogP contribution >= 0.6 is 11.3 Å². The second-order valence-electron chi connectivity index (χ2n) is 6.65. The van der Waals surface area contributed by atoms with Crippen LogP contribution in [0.1, 0.15) is 22.4 Å². The van der Waals surface area contributed by atoms with E-state index < -0.39 is 11.7 Å². The number of hydrogen-bond acceptors (Lipinski definition) is 4. The van der Waals surface area contributed by atoms with Gasteiger partial charge >= 0.3 is 6.18 Å². The molecule has 1 aromatic carbocycles. The zero-order valence-electron chi connectivity index (χ0n) is 14.5. The third-order valence-corrected chi connectivity index (χ3v) is 5.61. The first kappa shape index (κ1) is 19.4. The molecule has 1 aliphatic rings. The Bertz CT molecular complexity index is 690. The minimum Gasteiger partial charge on any atom is -0.396 e. The smallest absolute Gasteiger partial charge is 0.396 e. The summed E-state index contributed by atoms with van der Waals surface area (Å²) in [5.74, 6) is 0. The van der Waals surface area contributed by atoms with Gasteiger partial charge in [0.25, 0.3) is 0 Å². The van der Waals surface area contributed by atoms with Crippen molar-refractivity contribution in [1.82, 2.24) is 9.80 Å². The zero-order valence-corrected chi connectivity index (χ0v) is 15.3. The minimum atomic E-state index is -4.31. The van der Waals surface area contributed by atoms with Crippen LogP contribution in [0.5, 0.6) is 0 Å². The van der Waals surface area contributed by atoms with E-state index in [1.54, 1.807) is 17.4 Å². The Balaban J connectivity index is 1.64. The molecule has 3 rings (SSSR count). The van der Waals surface area contributed by atoms with Gasteiger partial charge in [-0.15, -0.1) is 11.3 Å². The highest BCUT2D eigenvalue weighted by Crippen LogP contribution is 2.30. The van der Waals surface area contributed by atoms with Crippen molar-refractivity contribution >= 4 is 11.3 Å². The molecule has 1 N–H and O–H groups in total. The van der Waals surface area contributed by atoms with Crippen LogP contribution in [0.15, 0.2) is 41.8 Å². The summed E-state index contributed by atoms with van der Waals surface area (Å²) in [6, 6.07) is 9.91. The molecule has 1 fully saturated rings. The molecule has 2 aromatic rings. The number of thiophene rings is 1. The quantitative estimate of drug-likeness (QED) is 0.820. The predicted octanol–water partition coefficient (Wildman–Crippen LogP) is 3.84. The van der Waals surface area contributed by atoms with Gasteiger partial charge in [-0.3, -0.25) is 9.80 Å². The fourth-order valence-electron chi connectivity index (χ4n) is 3.44. The van der Waals surface area contributed by atoms with Crippen molar-refractivity contribution in [2.24, 2.45) is 0 Å². The van der Waals surface area contributed by atoms with Gasteiger partial charge in [0.1, 0.15) is 0 Å². The van der Waals surface area contributed by atoms with Gasteiger partial charge in [0, 0.05) is 50.2 Å². The summed E-state index contributed by atoms with van der Waals surface area (Å²) in [5.41, 5.74) is 0.0764. The molecule has 2 heterocycles. The maximum atomic E-state index is 12.9. The molecule has 0 saturated carbocycles. The molecule has 1 atom stereocenters. The van der Waals surface area contributed by atoms with Gasteiger partial charge in [0.05, 0.1) is 5.56 Å². The van der Waals surface area contributed by atoms with Crippen molar-refractivity contribution in [1.29, 1.82) is 0 Å². The van der Waals surface area contributed by atoms with Gasteiger partial charge in [-0.1, -0.05) is 24.3 Å². The van der Waals surface area contributed by atoms with Crippen LogP contribution in [0.2, 0.25) is 0 Å². The average Bonchev–Trinajstić information content (AvgIpc) is 3.10. The molecule has 0 bridgehead atoms. The highest BCUT2D eigenvalue weighted by atomic mass is 32.1. The summed E-state index contributed by atoms with van der Waals surface area (Å²) in [4.78, 5) is 5.84. The molecule has 0 amide bonds. The summed E-state index contributed by atoms with van der Waals surface area (Å²) < 4.78 is 38.7. The number of aliphatic hydroxyl groups excluding tert-OH is 1. The third-order valence-electron chi connectivity index (χ3n) is 4.75. The van der Waals surface area contributed by atoms with E-state index in [0.717, 1.165) is 32.2 Å². The van der Waals surface area contributed by atoms with E-state index in [-0.39, 0.29) is 12.6 Å². The maximum Gasteiger partial charge on any atom is 0.416 e. The van der Waals surface area contributed by atoms with Crippen molar-refractivity contribution in [3.8, 4) is 0 Å². The van der Waals surface area contributed by atoms with Crippen LogP contribution in [-0.2, 0) is 19.3 Å². The van der Waals surface area contributed by atoms with Crippen LogP contribution in [0.4, 0.5) is 13.2 Å². The van der Waals surface area contributed by atoms with Crippen molar-refractivity contribution in [3.63, 3.8) is 0 Å². The number of benzene rings is 1. The largest absolute Gasteiger partial charge is 0.416 e. The van der Waals surface area contributed by atoms with Crippen LogP contribution in [0, 0.1) is 0 Å². The Kier molecular flexibility index (Phi) is 6.34. The molecular weight excluding hydrogens is 361 g/mol. The van der Waals surface area contributed by atoms with Crippen molar-refractivity contribution in [3.05, 3.63) is 57.8 Å². The number of alkyl halides is 3. The summed E-state index contributed by atoms with van der Waals surface area (Å²) in [5, 5.41) is 11.5. The number of aliphatic hydroxyl groups is 1. The van der Waals surface area contributed by atoms with Gasteiger partial charge in [-0.05, 0) is 29.5 Å². The molecule has 1 aliphatic heterocycles. The number of rotatable bonds is 6. The Morgan fingerprint density at radius 3 is 2.65 bits per heavy atom. The monoisotopic (exact) mass is 384 g/mol. The summed E-state index contributed by atoms with van der Waals surface area (Å²) >= 11 is 1.72. The molecule has 0 spiro atoms. The number of nitrogens with zero attached hydrogens (tertiary/aromatic N) is 2. The molecule has 26 heavy (non-hydrogen) atoms. The molecule has 1 saturated heterocycles. The fraction of sp³-hybridized carbons (Fsp3) is 0.474. The Hall–Kier alpha value is -1.41. The molecule has 7 heteroatoms. The van der Waals surface area contributed by atoms with E-state index in [1.807, 2.05) is 6.07 Å². The van der Waals surface area contributed by atoms with E-state index in [9.17, 15) is 18.3 Å². The highest BCUT2D eigenvalue weighted by molar-refractivity contribution is 7.09. The molecule has 3 nitrogen and oxygen atoms in total. The molecule has 0 radical (unpaired) electrons. The SMILES string of the molecule is OCCC1CN(Cc2cccc(C(F)(F)F)c2)CCN1Cc1cccs1. The first-order valence-corrected chi connectivity index (χ1v) is 9.59. The first-order valence-electron chi connectivity index (χ1n) is 8.71. The minimum absolute atomic E-state index is 0.114. The summed E-state index contributed by atoms with van der Waals surface area (Å²) in [6.07, 6.45) is -3.64. The topological polar surface area (TPSA) is 26.7 Å². The highest BCUT2D eigenvalue weighted by Gasteiger charge is 2.31. The first-order chi connectivity index (χ1) is 12.5. The van der Waals surface area contributed by atoms with Crippen LogP contribution in [-0.4, -0.2) is 47.2 Å². The Labute approximate surface area is 155 Å². The lowest BCUT2D eigenvalue weighted by atomic mass is 10.1. The summed E-state index contributed by atoms with van der Waals surface area (Å²) in [6.45, 7) is 3.88. The number of halogens is 3. The standard InChI is InChI=1S/C19H23F3N2OS/c20-19(21,22)16-4-1-3-15(11-16)12-23-7-8-24(17(13-23)6-9-25)14-18-5-2-10-26-18/h1-5,10-11,17,25H,6-9,12-14H2. The molecule has 1 aromatic heterocycles. The molecule has 0 aliphatic carbocycles. The van der Waals surface area contributed by atoms with Crippen LogP contribution < -0.4 is 0 Å². The van der Waals surface area contributed by atoms with Gasteiger partial charge in [0.15, 0.2) is 0 Å². The normalized spacial score (nSPS) is 19.8. The number of hydrogen-bond donors (Lipinski definition) is 1. The van der Waals surface area contributed by atoms with Crippen LogP contribution in [0.3, 0.4) is 0 Å². The molecule has 142 valence electrons. The van der Waals surface area contributed by atoms with Gasteiger partial charge in [-0.25, -0.2) is 0 Å². The lowest BCUT2D eigenvalue weighted by Gasteiger charge is -2.41. The molecule has 1 unspecified atom stereocenters. The van der Waals surface area contributed by atoms with Gasteiger partial charge in [-0.2, -0.15) is 13.2 Å². The van der Waals surface area contributed by atoms with E-state index in [1.165, 1.54) is 17.0 Å². The van der Waals surface area contributed by atoms with Gasteiger partial charge in [0.2, 0.25) is 0 Å². The van der Waals surface area contributed by atoms with Crippen molar-refractivity contribution in [2.75, 3.05) is 26.2 Å². The van der Waals surface area contributed by atoms with Crippen molar-refractivity contribution in [2.45, 2.75) is 31.7 Å². The van der Waals surface area contributed by atoms with E-state index in [2.05, 4.69) is 21.2 Å². The Morgan fingerprint density at radius 1 is 1.12 bits per heavy atom. The average molecular weight is 384 g/mol. The summed E-state index contributed by atoms with van der Waals surface area (Å²) in [7, 11) is 0. The predicted molar refractivity (Wildman–Crippen MR) is 96.9 cm³/mol. The van der Waals surface area contributed by atoms with Gasteiger partial charge < -0.3 is 5.11 Å². The van der Waals surface area contributed by atoms with E-state index >= 15 is 0 Å². The maximum absolute atomic E-state index is 12.9. The lowest BCUT2D eigenvalue weighted by Crippen LogP contribution is -2.52. The van der Waals surface area contributed by atoms with E-state index in [0.29, 0.717) is 18.5 Å². The number of piperazine rings is 1. The second kappa shape index (κ2) is 8.52. The lowest BCUT2D eigenvalue weighted by molar-refractivity contribution is -0.137. The Morgan fingerprint density at radius 2 is 1.96 bits per heavy atom. The zero-order chi connectivity index (χ0) is 18.6.